The van der Waals surface area contributed by atoms with Crippen molar-refractivity contribution in [2.75, 3.05) is 6.54 Å². The average molecular weight is 372 g/mol. The molecule has 1 heteroatoms. The molecule has 0 amide bonds. The molecule has 1 nitrogen and oxygen atoms in total. The van der Waals surface area contributed by atoms with Crippen LogP contribution in [0.15, 0.2) is 37.0 Å². The summed E-state index contributed by atoms with van der Waals surface area (Å²) < 4.78 is 0. The van der Waals surface area contributed by atoms with Crippen molar-refractivity contribution >= 4 is 0 Å². The summed E-state index contributed by atoms with van der Waals surface area (Å²) in [5, 5.41) is 0. The maximum Gasteiger partial charge on any atom is 0.0284 e. The lowest BCUT2D eigenvalue weighted by Gasteiger charge is -2.30. The molecule has 0 radical (unpaired) electrons. The van der Waals surface area contributed by atoms with Gasteiger partial charge < -0.3 is 4.90 Å². The Hall–Kier alpha value is -1.24. The van der Waals surface area contributed by atoms with Crippen LogP contribution in [0.2, 0.25) is 0 Å². The van der Waals surface area contributed by atoms with E-state index in [9.17, 15) is 0 Å². The lowest BCUT2D eigenvalue weighted by molar-refractivity contribution is 0.238. The molecule has 0 aliphatic heterocycles. The molecule has 1 aromatic carbocycles. The van der Waals surface area contributed by atoms with Gasteiger partial charge in [0.2, 0.25) is 0 Å². The summed E-state index contributed by atoms with van der Waals surface area (Å²) in [5.74, 6) is 0. The molecule has 0 fully saturated rings. The predicted octanol–water partition coefficient (Wildman–Crippen LogP) is 7.94. The fourth-order valence-corrected chi connectivity index (χ4v) is 4.07. The Morgan fingerprint density at radius 3 is 2.22 bits per heavy atom. The Morgan fingerprint density at radius 1 is 0.815 bits per heavy atom. The van der Waals surface area contributed by atoms with Gasteiger partial charge in [-0.05, 0) is 55.9 Å². The van der Waals surface area contributed by atoms with Gasteiger partial charge in [-0.3, -0.25) is 0 Å². The highest BCUT2D eigenvalue weighted by atomic mass is 15.1. The van der Waals surface area contributed by atoms with Crippen molar-refractivity contribution in [1.29, 1.82) is 0 Å². The molecule has 0 heterocycles. The molecule has 0 N–H and O–H groups in total. The van der Waals surface area contributed by atoms with Gasteiger partial charge in [0.15, 0.2) is 0 Å². The molecule has 1 unspecified atom stereocenters. The average Bonchev–Trinajstić information content (AvgIpc) is 2.68. The zero-order chi connectivity index (χ0) is 19.7. The molecule has 0 bridgehead atoms. The number of benzene rings is 1. The van der Waals surface area contributed by atoms with Crippen LogP contribution in [0.3, 0.4) is 0 Å². The van der Waals surface area contributed by atoms with Crippen LogP contribution < -0.4 is 0 Å². The molecular weight excluding hydrogens is 326 g/mol. The summed E-state index contributed by atoms with van der Waals surface area (Å²) in [4.78, 5) is 2.54. The smallest absolute Gasteiger partial charge is 0.0284 e. The summed E-state index contributed by atoms with van der Waals surface area (Å²) in [6, 6.07) is 9.91. The number of unbranched alkanes of at least 4 members (excludes halogenated alkanes) is 5. The molecule has 0 saturated carbocycles. The first kappa shape index (κ1) is 23.8. The Labute approximate surface area is 170 Å². The standard InChI is InChI=1S/C26H45N/c1-5-9-10-11-14-22-27(8-4)26(17-7-3)21-13-12-18-25-20-15-19-24(23-25)16-6-2/h8,15,19-20,23,26H,4-7,9-14,16-18,21-22H2,1-3H3. The summed E-state index contributed by atoms with van der Waals surface area (Å²) in [5.41, 5.74) is 3.02. The van der Waals surface area contributed by atoms with E-state index in [4.69, 9.17) is 0 Å². The highest BCUT2D eigenvalue weighted by Crippen LogP contribution is 2.18. The van der Waals surface area contributed by atoms with Crippen molar-refractivity contribution in [3.63, 3.8) is 0 Å². The van der Waals surface area contributed by atoms with Crippen molar-refractivity contribution in [1.82, 2.24) is 4.90 Å². The normalized spacial score (nSPS) is 12.1. The SMILES string of the molecule is C=CN(CCCCCCC)C(CCC)CCCCc1cccc(CCC)c1. The van der Waals surface area contributed by atoms with E-state index in [1.807, 2.05) is 0 Å². The molecule has 0 aliphatic carbocycles. The zero-order valence-electron chi connectivity index (χ0n) is 18.5. The molecule has 1 atom stereocenters. The fraction of sp³-hybridized carbons (Fsp3) is 0.692. The van der Waals surface area contributed by atoms with E-state index >= 15 is 0 Å². The summed E-state index contributed by atoms with van der Waals surface area (Å²) in [6.45, 7) is 12.2. The minimum atomic E-state index is 0.685. The second-order valence-corrected chi connectivity index (χ2v) is 8.09. The van der Waals surface area contributed by atoms with Crippen LogP contribution in [-0.2, 0) is 12.8 Å². The maximum absolute atomic E-state index is 4.11. The number of nitrogens with zero attached hydrogens (tertiary/aromatic N) is 1. The van der Waals surface area contributed by atoms with E-state index in [1.54, 1.807) is 0 Å². The molecule has 1 rings (SSSR count). The highest BCUT2D eigenvalue weighted by molar-refractivity contribution is 5.23. The van der Waals surface area contributed by atoms with E-state index < -0.39 is 0 Å². The number of hydrogen-bond donors (Lipinski definition) is 0. The van der Waals surface area contributed by atoms with Crippen molar-refractivity contribution in [3.05, 3.63) is 48.2 Å². The minimum absolute atomic E-state index is 0.685. The van der Waals surface area contributed by atoms with E-state index in [2.05, 4.69) is 62.7 Å². The second-order valence-electron chi connectivity index (χ2n) is 8.09. The topological polar surface area (TPSA) is 3.24 Å². The molecule has 27 heavy (non-hydrogen) atoms. The van der Waals surface area contributed by atoms with Crippen molar-refractivity contribution in [2.45, 2.75) is 110 Å². The first-order valence-electron chi connectivity index (χ1n) is 11.7. The summed E-state index contributed by atoms with van der Waals surface area (Å²) in [6.07, 6.45) is 19.0. The summed E-state index contributed by atoms with van der Waals surface area (Å²) >= 11 is 0. The minimum Gasteiger partial charge on any atom is -0.375 e. The predicted molar refractivity (Wildman–Crippen MR) is 122 cm³/mol. The van der Waals surface area contributed by atoms with Gasteiger partial charge in [0.05, 0.1) is 0 Å². The van der Waals surface area contributed by atoms with Gasteiger partial charge in [-0.2, -0.15) is 0 Å². The van der Waals surface area contributed by atoms with Gasteiger partial charge in [0.25, 0.3) is 0 Å². The Balaban J connectivity index is 2.37. The van der Waals surface area contributed by atoms with E-state index in [-0.39, 0.29) is 0 Å². The Morgan fingerprint density at radius 2 is 1.56 bits per heavy atom. The summed E-state index contributed by atoms with van der Waals surface area (Å²) in [7, 11) is 0. The molecule has 154 valence electrons. The lowest BCUT2D eigenvalue weighted by Crippen LogP contribution is -2.31. The van der Waals surface area contributed by atoms with Gasteiger partial charge in [-0.1, -0.05) is 96.6 Å². The zero-order valence-corrected chi connectivity index (χ0v) is 18.5. The second kappa shape index (κ2) is 15.8. The van der Waals surface area contributed by atoms with E-state index in [1.165, 1.54) is 101 Å². The number of hydrogen-bond acceptors (Lipinski definition) is 1. The van der Waals surface area contributed by atoms with Crippen LogP contribution in [-0.4, -0.2) is 17.5 Å². The monoisotopic (exact) mass is 371 g/mol. The Kier molecular flexibility index (Phi) is 13.9. The van der Waals surface area contributed by atoms with Crippen LogP contribution in [0.4, 0.5) is 0 Å². The molecule has 1 aromatic rings. The van der Waals surface area contributed by atoms with Crippen molar-refractivity contribution < 1.29 is 0 Å². The largest absolute Gasteiger partial charge is 0.375 e. The third kappa shape index (κ3) is 10.6. The third-order valence-electron chi connectivity index (χ3n) is 5.63. The van der Waals surface area contributed by atoms with E-state index in [0.29, 0.717) is 6.04 Å². The third-order valence-corrected chi connectivity index (χ3v) is 5.63. The van der Waals surface area contributed by atoms with Gasteiger partial charge in [-0.25, -0.2) is 0 Å². The Bertz CT molecular complexity index is 479. The van der Waals surface area contributed by atoms with Crippen LogP contribution in [0.25, 0.3) is 0 Å². The van der Waals surface area contributed by atoms with Gasteiger partial charge in [-0.15, -0.1) is 0 Å². The van der Waals surface area contributed by atoms with Crippen LogP contribution in [0.5, 0.6) is 0 Å². The molecule has 0 aromatic heterocycles. The van der Waals surface area contributed by atoms with Crippen molar-refractivity contribution in [2.24, 2.45) is 0 Å². The van der Waals surface area contributed by atoms with E-state index in [0.717, 1.165) is 0 Å². The van der Waals surface area contributed by atoms with Gasteiger partial charge in [0, 0.05) is 12.6 Å². The lowest BCUT2D eigenvalue weighted by atomic mass is 9.99. The first-order valence-corrected chi connectivity index (χ1v) is 11.7. The van der Waals surface area contributed by atoms with Crippen molar-refractivity contribution in [3.8, 4) is 0 Å². The quantitative estimate of drug-likeness (QED) is 0.251. The van der Waals surface area contributed by atoms with Gasteiger partial charge >= 0.3 is 0 Å². The molecule has 0 aliphatic rings. The maximum atomic E-state index is 4.11. The highest BCUT2D eigenvalue weighted by Gasteiger charge is 2.13. The molecular formula is C26H45N. The number of aryl methyl sites for hydroxylation is 2. The number of rotatable bonds is 17. The van der Waals surface area contributed by atoms with Gasteiger partial charge in [0.1, 0.15) is 0 Å². The molecule has 0 saturated heterocycles. The molecule has 0 spiro atoms. The fourth-order valence-electron chi connectivity index (χ4n) is 4.07. The van der Waals surface area contributed by atoms with Crippen LogP contribution >= 0.6 is 0 Å². The van der Waals surface area contributed by atoms with Crippen LogP contribution in [0.1, 0.15) is 103 Å². The first-order chi connectivity index (χ1) is 13.2. The van der Waals surface area contributed by atoms with Crippen LogP contribution in [0, 0.1) is 0 Å².